The summed E-state index contributed by atoms with van der Waals surface area (Å²) in [6, 6.07) is 2.06. The number of likely N-dealkylation sites (tertiary alicyclic amines) is 1. The fraction of sp³-hybridized carbons (Fsp3) is 0.773. The topological polar surface area (TPSA) is 37.8 Å². The number of ether oxygens (including phenoxy) is 2. The molecule has 0 aromatic carbocycles. The Hall–Kier alpha value is -1.17. The summed E-state index contributed by atoms with van der Waals surface area (Å²) in [5.41, 5.74) is 2.78. The molecular formula is C22H35N3O2. The molecule has 1 spiro atoms. The maximum absolute atomic E-state index is 6.29. The smallest absolute Gasteiger partial charge is 0.127 e. The summed E-state index contributed by atoms with van der Waals surface area (Å²) in [5, 5.41) is 0. The first-order valence-electron chi connectivity index (χ1n) is 10.9. The largest absolute Gasteiger partial charge is 0.490 e. The van der Waals surface area contributed by atoms with Crippen molar-refractivity contribution in [3.8, 4) is 5.75 Å². The minimum absolute atomic E-state index is 0.233. The van der Waals surface area contributed by atoms with Crippen molar-refractivity contribution in [1.29, 1.82) is 0 Å². The Labute approximate surface area is 164 Å². The van der Waals surface area contributed by atoms with Gasteiger partial charge in [0.25, 0.3) is 0 Å². The molecule has 1 aromatic heterocycles. The third-order valence-electron chi connectivity index (χ3n) is 6.51. The van der Waals surface area contributed by atoms with Gasteiger partial charge in [0.2, 0.25) is 0 Å². The molecule has 0 radical (unpaired) electrons. The molecule has 3 aliphatic rings. The molecule has 0 N–H and O–H groups in total. The van der Waals surface area contributed by atoms with Gasteiger partial charge in [-0.2, -0.15) is 0 Å². The molecule has 4 rings (SSSR count). The first-order valence-corrected chi connectivity index (χ1v) is 10.9. The van der Waals surface area contributed by atoms with Crippen molar-refractivity contribution in [1.82, 2.24) is 14.8 Å². The van der Waals surface area contributed by atoms with Gasteiger partial charge >= 0.3 is 0 Å². The molecule has 2 fully saturated rings. The highest BCUT2D eigenvalue weighted by molar-refractivity contribution is 5.37. The Bertz CT molecular complexity index is 618. The standard InChI is InChI=1S/C22H35N3O2/c1-3-18(4-2)27-21-7-10-23-20-8-13-24(15-19(20)21)11-6-12-25-16-22(17-25)9-5-14-26-22/h7,10,18H,3-6,8-9,11-17H2,1-2H3. The van der Waals surface area contributed by atoms with Gasteiger partial charge in [-0.15, -0.1) is 0 Å². The fourth-order valence-corrected chi connectivity index (χ4v) is 4.85. The number of aromatic nitrogens is 1. The van der Waals surface area contributed by atoms with Crippen molar-refractivity contribution in [3.05, 3.63) is 23.5 Å². The molecule has 0 aliphatic carbocycles. The van der Waals surface area contributed by atoms with Crippen LogP contribution in [0, 0.1) is 0 Å². The van der Waals surface area contributed by atoms with Crippen LogP contribution in [0.15, 0.2) is 12.3 Å². The highest BCUT2D eigenvalue weighted by Crippen LogP contribution is 2.35. The molecular weight excluding hydrogens is 338 g/mol. The van der Waals surface area contributed by atoms with Gasteiger partial charge in [0.1, 0.15) is 5.75 Å². The van der Waals surface area contributed by atoms with Crippen LogP contribution in [0.25, 0.3) is 0 Å². The van der Waals surface area contributed by atoms with E-state index in [1.165, 1.54) is 37.1 Å². The van der Waals surface area contributed by atoms with E-state index in [2.05, 4.69) is 34.7 Å². The molecule has 1 aromatic rings. The average Bonchev–Trinajstić information content (AvgIpc) is 3.16. The second-order valence-electron chi connectivity index (χ2n) is 8.52. The molecule has 27 heavy (non-hydrogen) atoms. The van der Waals surface area contributed by atoms with Crippen molar-refractivity contribution in [2.24, 2.45) is 0 Å². The summed E-state index contributed by atoms with van der Waals surface area (Å²) in [5.74, 6) is 1.06. The van der Waals surface area contributed by atoms with Crippen LogP contribution in [0.2, 0.25) is 0 Å². The van der Waals surface area contributed by atoms with Crippen LogP contribution >= 0.6 is 0 Å². The van der Waals surface area contributed by atoms with Crippen molar-refractivity contribution in [3.63, 3.8) is 0 Å². The van der Waals surface area contributed by atoms with Crippen LogP contribution in [0.3, 0.4) is 0 Å². The molecule has 0 unspecified atom stereocenters. The Kier molecular flexibility index (Phi) is 6.00. The number of rotatable bonds is 8. The fourth-order valence-electron chi connectivity index (χ4n) is 4.85. The molecule has 5 nitrogen and oxygen atoms in total. The minimum Gasteiger partial charge on any atom is -0.490 e. The number of pyridine rings is 1. The lowest BCUT2D eigenvalue weighted by molar-refractivity contribution is -0.111. The zero-order valence-electron chi connectivity index (χ0n) is 17.1. The molecule has 3 aliphatic heterocycles. The molecule has 5 heteroatoms. The first-order chi connectivity index (χ1) is 13.2. The highest BCUT2D eigenvalue weighted by atomic mass is 16.5. The van der Waals surface area contributed by atoms with E-state index in [9.17, 15) is 0 Å². The molecule has 150 valence electrons. The van der Waals surface area contributed by atoms with E-state index in [-0.39, 0.29) is 5.60 Å². The van der Waals surface area contributed by atoms with E-state index in [0.717, 1.165) is 64.3 Å². The third kappa shape index (κ3) is 4.30. The van der Waals surface area contributed by atoms with Crippen LogP contribution in [0.4, 0.5) is 0 Å². The second-order valence-corrected chi connectivity index (χ2v) is 8.52. The van der Waals surface area contributed by atoms with Gasteiger partial charge < -0.3 is 9.47 Å². The second kappa shape index (κ2) is 8.46. The lowest BCUT2D eigenvalue weighted by Gasteiger charge is -2.47. The summed E-state index contributed by atoms with van der Waals surface area (Å²) in [4.78, 5) is 9.75. The predicted molar refractivity (Wildman–Crippen MR) is 107 cm³/mol. The number of hydrogen-bond acceptors (Lipinski definition) is 5. The lowest BCUT2D eigenvalue weighted by Crippen LogP contribution is -2.61. The van der Waals surface area contributed by atoms with Gasteiger partial charge in [-0.05, 0) is 51.3 Å². The monoisotopic (exact) mass is 373 g/mol. The van der Waals surface area contributed by atoms with Crippen molar-refractivity contribution >= 4 is 0 Å². The predicted octanol–water partition coefficient (Wildman–Crippen LogP) is 3.26. The normalized spacial score (nSPS) is 22.2. The van der Waals surface area contributed by atoms with E-state index < -0.39 is 0 Å². The SMILES string of the molecule is CCC(CC)Oc1ccnc2c1CN(CCCN1CC3(CCCO3)C1)CC2. The molecule has 0 amide bonds. The molecule has 4 heterocycles. The zero-order chi connectivity index (χ0) is 18.7. The van der Waals surface area contributed by atoms with E-state index in [4.69, 9.17) is 9.47 Å². The zero-order valence-corrected chi connectivity index (χ0v) is 17.1. The quantitative estimate of drug-likeness (QED) is 0.699. The Morgan fingerprint density at radius 1 is 1.22 bits per heavy atom. The summed E-state index contributed by atoms with van der Waals surface area (Å²) in [7, 11) is 0. The summed E-state index contributed by atoms with van der Waals surface area (Å²) in [6.07, 6.45) is 9.11. The molecule has 0 atom stereocenters. The van der Waals surface area contributed by atoms with Crippen molar-refractivity contribution < 1.29 is 9.47 Å². The van der Waals surface area contributed by atoms with Gasteiger partial charge in [0.05, 0.1) is 11.7 Å². The van der Waals surface area contributed by atoms with Crippen LogP contribution in [-0.2, 0) is 17.7 Å². The summed E-state index contributed by atoms with van der Waals surface area (Å²) < 4.78 is 12.2. The maximum atomic E-state index is 6.29. The van der Waals surface area contributed by atoms with Crippen LogP contribution < -0.4 is 4.74 Å². The number of fused-ring (bicyclic) bond motifs is 1. The molecule has 2 saturated heterocycles. The van der Waals surface area contributed by atoms with Crippen molar-refractivity contribution in [2.75, 3.05) is 39.3 Å². The maximum Gasteiger partial charge on any atom is 0.127 e. The Morgan fingerprint density at radius 3 is 2.78 bits per heavy atom. The van der Waals surface area contributed by atoms with E-state index in [1.807, 2.05) is 6.20 Å². The number of nitrogens with zero attached hydrogens (tertiary/aromatic N) is 3. The number of hydrogen-bond donors (Lipinski definition) is 0. The van der Waals surface area contributed by atoms with Crippen LogP contribution in [0.5, 0.6) is 5.75 Å². The highest BCUT2D eigenvalue weighted by Gasteiger charge is 2.45. The van der Waals surface area contributed by atoms with Gasteiger partial charge in [0.15, 0.2) is 0 Å². The average molecular weight is 374 g/mol. The van der Waals surface area contributed by atoms with Crippen LogP contribution in [-0.4, -0.2) is 65.8 Å². The molecule has 0 bridgehead atoms. The van der Waals surface area contributed by atoms with E-state index >= 15 is 0 Å². The molecule has 0 saturated carbocycles. The minimum atomic E-state index is 0.233. The summed E-state index contributed by atoms with van der Waals surface area (Å²) in [6.45, 7) is 12.1. The van der Waals surface area contributed by atoms with Gasteiger partial charge in [-0.25, -0.2) is 0 Å². The van der Waals surface area contributed by atoms with E-state index in [0.29, 0.717) is 6.10 Å². The van der Waals surface area contributed by atoms with Gasteiger partial charge in [-0.3, -0.25) is 14.8 Å². The lowest BCUT2D eigenvalue weighted by atomic mass is 9.91. The Morgan fingerprint density at radius 2 is 2.04 bits per heavy atom. The Balaban J connectivity index is 1.26. The summed E-state index contributed by atoms with van der Waals surface area (Å²) >= 11 is 0. The van der Waals surface area contributed by atoms with E-state index in [1.54, 1.807) is 0 Å². The third-order valence-corrected chi connectivity index (χ3v) is 6.51. The first kappa shape index (κ1) is 19.2. The van der Waals surface area contributed by atoms with Gasteiger partial charge in [-0.1, -0.05) is 13.8 Å². The van der Waals surface area contributed by atoms with Crippen LogP contribution in [0.1, 0.15) is 57.2 Å². The van der Waals surface area contributed by atoms with Crippen molar-refractivity contribution in [2.45, 2.75) is 70.6 Å². The van der Waals surface area contributed by atoms with Gasteiger partial charge in [0, 0.05) is 56.7 Å².